The number of furan rings is 1. The van der Waals surface area contributed by atoms with Gasteiger partial charge in [-0.25, -0.2) is 4.79 Å². The van der Waals surface area contributed by atoms with E-state index in [-0.39, 0.29) is 18.4 Å². The molecule has 3 aromatic rings. The molecule has 2 heterocycles. The normalized spacial score (nSPS) is 10.5. The van der Waals surface area contributed by atoms with Gasteiger partial charge in [0.25, 0.3) is 11.8 Å². The van der Waals surface area contributed by atoms with Crippen molar-refractivity contribution in [1.29, 1.82) is 0 Å². The minimum atomic E-state index is -0.525. The molecule has 2 aromatic heterocycles. The monoisotopic (exact) mass is 314 g/mol. The highest BCUT2D eigenvalue weighted by Crippen LogP contribution is 2.22. The lowest BCUT2D eigenvalue weighted by molar-refractivity contribution is 0.0435. The smallest absolute Gasteiger partial charge is 0.342 e. The van der Waals surface area contributed by atoms with Gasteiger partial charge in [-0.1, -0.05) is 11.6 Å². The Morgan fingerprint density at radius 2 is 2.13 bits per heavy atom. The topological polar surface area (TPSA) is 87.6 Å². The quantitative estimate of drug-likeness (QED) is 0.669. The molecule has 0 aliphatic carbocycles. The number of carbonyl (C=O) groups is 1. The van der Waals surface area contributed by atoms with Crippen molar-refractivity contribution in [2.24, 2.45) is 0 Å². The first kappa shape index (κ1) is 14.8. The number of aromatic nitrogens is 2. The van der Waals surface area contributed by atoms with Crippen molar-refractivity contribution in [2.75, 3.05) is 7.11 Å². The zero-order chi connectivity index (χ0) is 16.2. The zero-order valence-corrected chi connectivity index (χ0v) is 12.6. The summed E-state index contributed by atoms with van der Waals surface area (Å²) in [4.78, 5) is 12.2. The van der Waals surface area contributed by atoms with E-state index in [9.17, 15) is 4.79 Å². The van der Waals surface area contributed by atoms with Gasteiger partial charge in [0, 0.05) is 0 Å². The molecular formula is C16H14N2O5. The first-order valence-electron chi connectivity index (χ1n) is 6.85. The van der Waals surface area contributed by atoms with Crippen LogP contribution >= 0.6 is 0 Å². The minimum absolute atomic E-state index is 0.135. The Morgan fingerprint density at radius 3 is 2.87 bits per heavy atom. The fraction of sp³-hybridized carbons (Fsp3) is 0.188. The van der Waals surface area contributed by atoms with Gasteiger partial charge in [-0.05, 0) is 31.2 Å². The van der Waals surface area contributed by atoms with Crippen LogP contribution in [0.5, 0.6) is 5.75 Å². The van der Waals surface area contributed by atoms with Gasteiger partial charge < -0.3 is 18.3 Å². The van der Waals surface area contributed by atoms with Crippen molar-refractivity contribution >= 4 is 5.97 Å². The van der Waals surface area contributed by atoms with E-state index in [4.69, 9.17) is 18.3 Å². The van der Waals surface area contributed by atoms with Crippen LogP contribution < -0.4 is 4.74 Å². The molecule has 23 heavy (non-hydrogen) atoms. The summed E-state index contributed by atoms with van der Waals surface area (Å²) < 4.78 is 20.9. The molecule has 0 aliphatic heterocycles. The predicted molar refractivity (Wildman–Crippen MR) is 78.9 cm³/mol. The third-order valence-electron chi connectivity index (χ3n) is 3.10. The summed E-state index contributed by atoms with van der Waals surface area (Å²) in [5.41, 5.74) is 1.27. The molecule has 1 aromatic carbocycles. The summed E-state index contributed by atoms with van der Waals surface area (Å²) >= 11 is 0. The number of nitrogens with zero attached hydrogens (tertiary/aromatic N) is 2. The number of rotatable bonds is 5. The number of esters is 1. The first-order chi connectivity index (χ1) is 11.2. The highest BCUT2D eigenvalue weighted by atomic mass is 16.5. The van der Waals surface area contributed by atoms with Gasteiger partial charge in [-0.3, -0.25) is 0 Å². The van der Waals surface area contributed by atoms with Crippen LogP contribution in [0.25, 0.3) is 11.7 Å². The van der Waals surface area contributed by atoms with Crippen molar-refractivity contribution in [3.8, 4) is 17.4 Å². The molecule has 3 rings (SSSR count). The van der Waals surface area contributed by atoms with Crippen LogP contribution in [0.1, 0.15) is 21.8 Å². The molecule has 0 fully saturated rings. The number of ether oxygens (including phenoxy) is 2. The molecule has 7 heteroatoms. The molecule has 0 atom stereocenters. The van der Waals surface area contributed by atoms with Crippen LogP contribution in [0.15, 0.2) is 45.4 Å². The van der Waals surface area contributed by atoms with E-state index in [0.29, 0.717) is 17.1 Å². The van der Waals surface area contributed by atoms with E-state index >= 15 is 0 Å². The van der Waals surface area contributed by atoms with Crippen LogP contribution in [0.3, 0.4) is 0 Å². The van der Waals surface area contributed by atoms with Crippen molar-refractivity contribution < 1.29 is 23.1 Å². The van der Waals surface area contributed by atoms with Gasteiger partial charge in [-0.2, -0.15) is 0 Å². The van der Waals surface area contributed by atoms with Gasteiger partial charge >= 0.3 is 5.97 Å². The van der Waals surface area contributed by atoms with Crippen molar-refractivity contribution in [1.82, 2.24) is 10.2 Å². The lowest BCUT2D eigenvalue weighted by Crippen LogP contribution is -2.07. The maximum atomic E-state index is 12.2. The highest BCUT2D eigenvalue weighted by molar-refractivity contribution is 5.92. The summed E-state index contributed by atoms with van der Waals surface area (Å²) in [5, 5.41) is 7.64. The van der Waals surface area contributed by atoms with Gasteiger partial charge in [0.2, 0.25) is 0 Å². The SMILES string of the molecule is COc1ccc(C)cc1C(=O)OCc1nnc(-c2ccco2)o1. The number of hydrogen-bond donors (Lipinski definition) is 0. The number of aryl methyl sites for hydroxylation is 1. The van der Waals surface area contributed by atoms with E-state index in [1.807, 2.05) is 13.0 Å². The molecule has 0 saturated carbocycles. The maximum Gasteiger partial charge on any atom is 0.342 e. The zero-order valence-electron chi connectivity index (χ0n) is 12.6. The Kier molecular flexibility index (Phi) is 4.09. The van der Waals surface area contributed by atoms with Crippen molar-refractivity contribution in [3.05, 3.63) is 53.6 Å². The first-order valence-corrected chi connectivity index (χ1v) is 6.85. The Hall–Kier alpha value is -3.09. The van der Waals surface area contributed by atoms with E-state index < -0.39 is 5.97 Å². The fourth-order valence-corrected chi connectivity index (χ4v) is 2.00. The van der Waals surface area contributed by atoms with Crippen molar-refractivity contribution in [3.63, 3.8) is 0 Å². The highest BCUT2D eigenvalue weighted by Gasteiger charge is 2.16. The summed E-state index contributed by atoms with van der Waals surface area (Å²) in [5.74, 6) is 0.784. The van der Waals surface area contributed by atoms with Crippen LogP contribution in [-0.4, -0.2) is 23.3 Å². The Morgan fingerprint density at radius 1 is 1.26 bits per heavy atom. The van der Waals surface area contributed by atoms with E-state index in [0.717, 1.165) is 5.56 Å². The van der Waals surface area contributed by atoms with Crippen LogP contribution in [0.2, 0.25) is 0 Å². The molecule has 0 bridgehead atoms. The molecule has 7 nitrogen and oxygen atoms in total. The molecule has 0 saturated heterocycles. The molecule has 118 valence electrons. The minimum Gasteiger partial charge on any atom is -0.496 e. The summed E-state index contributed by atoms with van der Waals surface area (Å²) in [7, 11) is 1.50. The van der Waals surface area contributed by atoms with Gasteiger partial charge in [0.05, 0.1) is 13.4 Å². The number of hydrogen-bond acceptors (Lipinski definition) is 7. The summed E-state index contributed by atoms with van der Waals surface area (Å²) in [6, 6.07) is 8.67. The number of methoxy groups -OCH3 is 1. The van der Waals surface area contributed by atoms with E-state index in [2.05, 4.69) is 10.2 Å². The molecular weight excluding hydrogens is 300 g/mol. The molecule has 0 amide bonds. The summed E-state index contributed by atoms with van der Waals surface area (Å²) in [6.07, 6.45) is 1.50. The standard InChI is InChI=1S/C16H14N2O5/c1-10-5-6-12(20-2)11(8-10)16(19)22-9-14-17-18-15(23-14)13-4-3-7-21-13/h3-8H,9H2,1-2H3. The lowest BCUT2D eigenvalue weighted by atomic mass is 10.1. The summed E-state index contributed by atoms with van der Waals surface area (Å²) in [6.45, 7) is 1.74. The molecule has 0 N–H and O–H groups in total. The largest absolute Gasteiger partial charge is 0.496 e. The average molecular weight is 314 g/mol. The number of benzene rings is 1. The van der Waals surface area contributed by atoms with Crippen LogP contribution in [0.4, 0.5) is 0 Å². The lowest BCUT2D eigenvalue weighted by Gasteiger charge is -2.08. The second-order valence-corrected chi connectivity index (χ2v) is 4.76. The average Bonchev–Trinajstić information content (AvgIpc) is 3.23. The fourth-order valence-electron chi connectivity index (χ4n) is 2.00. The van der Waals surface area contributed by atoms with E-state index in [1.165, 1.54) is 13.4 Å². The van der Waals surface area contributed by atoms with Gasteiger partial charge in [-0.15, -0.1) is 10.2 Å². The second-order valence-electron chi connectivity index (χ2n) is 4.76. The number of carbonyl (C=O) groups excluding carboxylic acids is 1. The second kappa shape index (κ2) is 6.35. The Balaban J connectivity index is 1.69. The molecule has 0 spiro atoms. The molecule has 0 aliphatic rings. The van der Waals surface area contributed by atoms with Crippen LogP contribution in [-0.2, 0) is 11.3 Å². The molecule has 0 unspecified atom stereocenters. The van der Waals surface area contributed by atoms with Crippen molar-refractivity contribution in [2.45, 2.75) is 13.5 Å². The van der Waals surface area contributed by atoms with E-state index in [1.54, 1.807) is 24.3 Å². The maximum absolute atomic E-state index is 12.2. The molecule has 0 radical (unpaired) electrons. The Labute approximate surface area is 131 Å². The van der Waals surface area contributed by atoms with Crippen LogP contribution in [0, 0.1) is 6.92 Å². The van der Waals surface area contributed by atoms with Gasteiger partial charge in [0.1, 0.15) is 11.3 Å². The predicted octanol–water partition coefficient (Wildman–Crippen LogP) is 3.00. The third-order valence-corrected chi connectivity index (χ3v) is 3.10. The van der Waals surface area contributed by atoms with Gasteiger partial charge in [0.15, 0.2) is 12.4 Å². The third kappa shape index (κ3) is 3.23. The Bertz CT molecular complexity index is 808.